The van der Waals surface area contributed by atoms with E-state index in [1.54, 1.807) is 0 Å². The molecular formula is C8H19NOS. The molecule has 0 bridgehead atoms. The molecule has 0 aromatic carbocycles. The SMILES string of the molecule is CC[C@H](C)C[S@](=N)(=O)C(C)C. The molecule has 1 N–H and O–H groups in total. The lowest BCUT2D eigenvalue weighted by Crippen LogP contribution is -2.20. The van der Waals surface area contributed by atoms with Crippen LogP contribution in [0.3, 0.4) is 0 Å². The zero-order chi connectivity index (χ0) is 9.07. The summed E-state index contributed by atoms with van der Waals surface area (Å²) in [5, 5.41) is -0.00324. The molecule has 11 heavy (non-hydrogen) atoms. The van der Waals surface area contributed by atoms with Gasteiger partial charge in [0.25, 0.3) is 0 Å². The molecule has 2 nitrogen and oxygen atoms in total. The van der Waals surface area contributed by atoms with Gasteiger partial charge in [0, 0.05) is 20.7 Å². The summed E-state index contributed by atoms with van der Waals surface area (Å²) in [5.74, 6) is 0.976. The van der Waals surface area contributed by atoms with E-state index in [0.29, 0.717) is 11.7 Å². The van der Waals surface area contributed by atoms with Crippen molar-refractivity contribution >= 4 is 9.73 Å². The maximum atomic E-state index is 11.5. The molecule has 0 amide bonds. The second kappa shape index (κ2) is 4.10. The van der Waals surface area contributed by atoms with Crippen molar-refractivity contribution in [3.63, 3.8) is 0 Å². The summed E-state index contributed by atoms with van der Waals surface area (Å²) in [6.07, 6.45) is 1.02. The van der Waals surface area contributed by atoms with Crippen LogP contribution in [0.4, 0.5) is 0 Å². The van der Waals surface area contributed by atoms with E-state index in [1.807, 2.05) is 13.8 Å². The molecule has 0 rings (SSSR count). The van der Waals surface area contributed by atoms with E-state index in [4.69, 9.17) is 4.78 Å². The van der Waals surface area contributed by atoms with Gasteiger partial charge in [0.1, 0.15) is 0 Å². The Kier molecular flexibility index (Phi) is 4.08. The van der Waals surface area contributed by atoms with Gasteiger partial charge in [0.05, 0.1) is 0 Å². The Hall–Kier alpha value is -0.0500. The van der Waals surface area contributed by atoms with Crippen molar-refractivity contribution in [1.29, 1.82) is 4.78 Å². The summed E-state index contributed by atoms with van der Waals surface area (Å²) in [5.41, 5.74) is 0. The fraction of sp³-hybridized carbons (Fsp3) is 1.00. The first kappa shape index (κ1) is 11.0. The van der Waals surface area contributed by atoms with Gasteiger partial charge < -0.3 is 0 Å². The molecule has 0 fully saturated rings. The second-order valence-electron chi connectivity index (χ2n) is 3.46. The Morgan fingerprint density at radius 3 is 2.09 bits per heavy atom. The Bertz CT molecular complexity index is 194. The van der Waals surface area contributed by atoms with Crippen LogP contribution in [0, 0.1) is 10.7 Å². The highest BCUT2D eigenvalue weighted by molar-refractivity contribution is 7.92. The van der Waals surface area contributed by atoms with Crippen molar-refractivity contribution in [2.75, 3.05) is 5.75 Å². The number of hydrogen-bond acceptors (Lipinski definition) is 2. The molecule has 0 unspecified atom stereocenters. The molecule has 0 saturated carbocycles. The fourth-order valence-electron chi connectivity index (χ4n) is 0.733. The highest BCUT2D eigenvalue weighted by Gasteiger charge is 2.14. The molecule has 0 aromatic rings. The van der Waals surface area contributed by atoms with Gasteiger partial charge >= 0.3 is 0 Å². The van der Waals surface area contributed by atoms with Crippen molar-refractivity contribution in [3.8, 4) is 0 Å². The summed E-state index contributed by atoms with van der Waals surface area (Å²) in [7, 11) is -2.31. The minimum Gasteiger partial charge on any atom is -0.253 e. The van der Waals surface area contributed by atoms with Gasteiger partial charge in [0.15, 0.2) is 0 Å². The molecular weight excluding hydrogens is 158 g/mol. The third kappa shape index (κ3) is 3.75. The Labute approximate surface area is 70.4 Å². The maximum Gasteiger partial charge on any atom is 0.0467 e. The first-order valence-electron chi connectivity index (χ1n) is 4.15. The van der Waals surface area contributed by atoms with Crippen LogP contribution < -0.4 is 0 Å². The van der Waals surface area contributed by atoms with Gasteiger partial charge in [-0.2, -0.15) is 0 Å². The van der Waals surface area contributed by atoms with Gasteiger partial charge in [-0.1, -0.05) is 34.1 Å². The highest BCUT2D eigenvalue weighted by Crippen LogP contribution is 2.10. The van der Waals surface area contributed by atoms with Gasteiger partial charge in [-0.3, -0.25) is 4.78 Å². The Morgan fingerprint density at radius 1 is 1.36 bits per heavy atom. The smallest absolute Gasteiger partial charge is 0.0467 e. The van der Waals surface area contributed by atoms with Crippen LogP contribution in [0.1, 0.15) is 34.1 Å². The van der Waals surface area contributed by atoms with Crippen LogP contribution in [0.15, 0.2) is 0 Å². The third-order valence-electron chi connectivity index (χ3n) is 1.99. The molecule has 2 atom stereocenters. The minimum atomic E-state index is -2.31. The van der Waals surface area contributed by atoms with Crippen LogP contribution >= 0.6 is 0 Å². The predicted octanol–water partition coefficient (Wildman–Crippen LogP) is 2.49. The van der Waals surface area contributed by atoms with Crippen LogP contribution in [-0.2, 0) is 9.73 Å². The maximum absolute atomic E-state index is 11.5. The van der Waals surface area contributed by atoms with E-state index in [1.165, 1.54) is 0 Å². The standard InChI is InChI=1S/C8H19NOS/c1-5-8(4)6-11(9,10)7(2)3/h7-9H,5-6H2,1-4H3/t8-,11-/m0/s1. The van der Waals surface area contributed by atoms with Crippen molar-refractivity contribution < 1.29 is 4.21 Å². The predicted molar refractivity (Wildman–Crippen MR) is 50.3 cm³/mol. The van der Waals surface area contributed by atoms with E-state index in [2.05, 4.69) is 13.8 Å². The molecule has 3 heteroatoms. The van der Waals surface area contributed by atoms with E-state index < -0.39 is 9.73 Å². The van der Waals surface area contributed by atoms with Gasteiger partial charge in [-0.05, 0) is 5.92 Å². The highest BCUT2D eigenvalue weighted by atomic mass is 32.2. The monoisotopic (exact) mass is 177 g/mol. The zero-order valence-electron chi connectivity index (χ0n) is 7.89. The first-order valence-corrected chi connectivity index (χ1v) is 5.94. The summed E-state index contributed by atoms with van der Waals surface area (Å²) in [4.78, 5) is 0. The molecule has 0 radical (unpaired) electrons. The quantitative estimate of drug-likeness (QED) is 0.704. The van der Waals surface area contributed by atoms with Crippen molar-refractivity contribution in [1.82, 2.24) is 0 Å². The van der Waals surface area contributed by atoms with Gasteiger partial charge in [-0.25, -0.2) is 4.21 Å². The van der Waals surface area contributed by atoms with Crippen LogP contribution in [0.25, 0.3) is 0 Å². The normalized spacial score (nSPS) is 19.7. The van der Waals surface area contributed by atoms with Crippen molar-refractivity contribution in [2.45, 2.75) is 39.4 Å². The lowest BCUT2D eigenvalue weighted by molar-refractivity contribution is 0.606. The lowest BCUT2D eigenvalue weighted by Gasteiger charge is -2.14. The summed E-state index contributed by atoms with van der Waals surface area (Å²) < 4.78 is 19.1. The zero-order valence-corrected chi connectivity index (χ0v) is 8.70. The number of rotatable bonds is 4. The van der Waals surface area contributed by atoms with E-state index in [-0.39, 0.29) is 5.25 Å². The van der Waals surface area contributed by atoms with E-state index in [9.17, 15) is 4.21 Å². The minimum absolute atomic E-state index is 0.00324. The Morgan fingerprint density at radius 2 is 1.82 bits per heavy atom. The first-order chi connectivity index (χ1) is 4.90. The molecule has 0 aliphatic carbocycles. The average molecular weight is 177 g/mol. The largest absolute Gasteiger partial charge is 0.253 e. The number of hydrogen-bond donors (Lipinski definition) is 1. The third-order valence-corrected chi connectivity index (χ3v) is 4.58. The van der Waals surface area contributed by atoms with E-state index in [0.717, 1.165) is 6.42 Å². The summed E-state index contributed by atoms with van der Waals surface area (Å²) in [6, 6.07) is 0. The van der Waals surface area contributed by atoms with Gasteiger partial charge in [0.2, 0.25) is 0 Å². The lowest BCUT2D eigenvalue weighted by atomic mass is 10.2. The molecule has 0 saturated heterocycles. The average Bonchev–Trinajstić information content (AvgIpc) is 1.86. The van der Waals surface area contributed by atoms with E-state index >= 15 is 0 Å². The van der Waals surface area contributed by atoms with Crippen LogP contribution in [0.2, 0.25) is 0 Å². The topological polar surface area (TPSA) is 40.9 Å². The molecule has 0 aliphatic heterocycles. The molecule has 68 valence electrons. The fourth-order valence-corrected chi connectivity index (χ4v) is 2.20. The van der Waals surface area contributed by atoms with Crippen molar-refractivity contribution in [3.05, 3.63) is 0 Å². The van der Waals surface area contributed by atoms with Crippen molar-refractivity contribution in [2.24, 2.45) is 5.92 Å². The molecule has 0 heterocycles. The van der Waals surface area contributed by atoms with Crippen LogP contribution in [0.5, 0.6) is 0 Å². The summed E-state index contributed by atoms with van der Waals surface area (Å²) >= 11 is 0. The van der Waals surface area contributed by atoms with Crippen LogP contribution in [-0.4, -0.2) is 15.2 Å². The molecule has 0 aromatic heterocycles. The number of nitrogens with one attached hydrogen (secondary N) is 1. The summed E-state index contributed by atoms with van der Waals surface area (Å²) in [6.45, 7) is 7.84. The Balaban J connectivity index is 4.15. The molecule has 0 aliphatic rings. The second-order valence-corrected chi connectivity index (χ2v) is 6.18. The molecule has 0 spiro atoms. The van der Waals surface area contributed by atoms with Gasteiger partial charge in [-0.15, -0.1) is 0 Å².